The average Bonchev–Trinajstić information content (AvgIpc) is 2.44. The Morgan fingerprint density at radius 1 is 1.16 bits per heavy atom. The number of hydrogen-bond donors (Lipinski definition) is 0. The van der Waals surface area contributed by atoms with E-state index in [-0.39, 0.29) is 0 Å². The summed E-state index contributed by atoms with van der Waals surface area (Å²) in [6, 6.07) is 11.6. The molecule has 98 valence electrons. The van der Waals surface area contributed by atoms with Gasteiger partial charge in [0.15, 0.2) is 0 Å². The fourth-order valence-electron chi connectivity index (χ4n) is 1.84. The highest BCUT2D eigenvalue weighted by Crippen LogP contribution is 2.29. The predicted molar refractivity (Wildman–Crippen MR) is 82.7 cm³/mol. The molecule has 2 rings (SSSR count). The van der Waals surface area contributed by atoms with Crippen molar-refractivity contribution < 1.29 is 0 Å². The molecule has 0 saturated heterocycles. The maximum Gasteiger partial charge on any atom is 0.0704 e. The monoisotopic (exact) mass is 291 g/mol. The Hall–Kier alpha value is -1.31. The lowest BCUT2D eigenvalue weighted by Gasteiger charge is -2.09. The van der Waals surface area contributed by atoms with Gasteiger partial charge >= 0.3 is 0 Å². The standard InChI is InChI=1S/C16H15Cl2N/c1-2-3-6-13(16-7-4-5-10-19-16)12-8-9-14(17)15(18)11-12/h4-11H,2-3H2,1H3/b13-6+. The van der Waals surface area contributed by atoms with Crippen molar-refractivity contribution in [2.24, 2.45) is 0 Å². The zero-order valence-electron chi connectivity index (χ0n) is 10.7. The molecule has 0 amide bonds. The van der Waals surface area contributed by atoms with Gasteiger partial charge in [0.1, 0.15) is 0 Å². The SMILES string of the molecule is CCC/C=C(\c1ccc(Cl)c(Cl)c1)c1ccccn1. The van der Waals surface area contributed by atoms with Crippen LogP contribution in [0.3, 0.4) is 0 Å². The van der Waals surface area contributed by atoms with Crippen molar-refractivity contribution in [2.75, 3.05) is 0 Å². The van der Waals surface area contributed by atoms with Gasteiger partial charge in [0.25, 0.3) is 0 Å². The number of pyridine rings is 1. The molecular formula is C16H15Cl2N. The van der Waals surface area contributed by atoms with Crippen LogP contribution in [-0.2, 0) is 0 Å². The van der Waals surface area contributed by atoms with Crippen molar-refractivity contribution >= 4 is 28.8 Å². The summed E-state index contributed by atoms with van der Waals surface area (Å²) in [6.07, 6.45) is 6.10. The highest BCUT2D eigenvalue weighted by Gasteiger charge is 2.08. The minimum absolute atomic E-state index is 0.567. The van der Waals surface area contributed by atoms with Crippen molar-refractivity contribution in [3.05, 3.63) is 70.0 Å². The van der Waals surface area contributed by atoms with Crippen LogP contribution < -0.4 is 0 Å². The van der Waals surface area contributed by atoms with E-state index in [2.05, 4.69) is 18.0 Å². The Kier molecular flexibility index (Phi) is 5.00. The Morgan fingerprint density at radius 3 is 2.63 bits per heavy atom. The number of rotatable bonds is 4. The number of benzene rings is 1. The molecule has 0 radical (unpaired) electrons. The van der Waals surface area contributed by atoms with Gasteiger partial charge in [-0.3, -0.25) is 4.98 Å². The Balaban J connectivity index is 2.46. The summed E-state index contributed by atoms with van der Waals surface area (Å²) in [4.78, 5) is 4.42. The van der Waals surface area contributed by atoms with Crippen LogP contribution in [0.1, 0.15) is 31.0 Å². The largest absolute Gasteiger partial charge is 0.256 e. The highest BCUT2D eigenvalue weighted by molar-refractivity contribution is 6.42. The van der Waals surface area contributed by atoms with Gasteiger partial charge in [0.05, 0.1) is 15.7 Å². The maximum absolute atomic E-state index is 6.10. The first-order valence-electron chi connectivity index (χ1n) is 6.29. The van der Waals surface area contributed by atoms with Gasteiger partial charge in [0.2, 0.25) is 0 Å². The van der Waals surface area contributed by atoms with E-state index in [9.17, 15) is 0 Å². The van der Waals surface area contributed by atoms with E-state index in [1.54, 1.807) is 6.20 Å². The van der Waals surface area contributed by atoms with E-state index in [0.29, 0.717) is 10.0 Å². The van der Waals surface area contributed by atoms with Crippen LogP contribution in [0.5, 0.6) is 0 Å². The highest BCUT2D eigenvalue weighted by atomic mass is 35.5. The van der Waals surface area contributed by atoms with Crippen molar-refractivity contribution in [1.29, 1.82) is 0 Å². The molecule has 1 heterocycles. The minimum Gasteiger partial charge on any atom is -0.256 e. The third kappa shape index (κ3) is 3.59. The van der Waals surface area contributed by atoms with Gasteiger partial charge in [-0.1, -0.05) is 54.8 Å². The van der Waals surface area contributed by atoms with Gasteiger partial charge in [-0.05, 0) is 36.2 Å². The van der Waals surface area contributed by atoms with Crippen molar-refractivity contribution in [2.45, 2.75) is 19.8 Å². The molecule has 0 atom stereocenters. The second-order valence-electron chi connectivity index (χ2n) is 4.25. The van der Waals surface area contributed by atoms with Crippen LogP contribution in [0.25, 0.3) is 5.57 Å². The van der Waals surface area contributed by atoms with E-state index in [1.807, 2.05) is 36.4 Å². The van der Waals surface area contributed by atoms with E-state index in [4.69, 9.17) is 23.2 Å². The van der Waals surface area contributed by atoms with Crippen molar-refractivity contribution in [1.82, 2.24) is 4.98 Å². The molecule has 0 saturated carbocycles. The molecule has 19 heavy (non-hydrogen) atoms. The average molecular weight is 292 g/mol. The lowest BCUT2D eigenvalue weighted by atomic mass is 10.0. The molecule has 1 aromatic heterocycles. The van der Waals surface area contributed by atoms with Crippen molar-refractivity contribution in [3.63, 3.8) is 0 Å². The third-order valence-corrected chi connectivity index (χ3v) is 3.55. The zero-order chi connectivity index (χ0) is 13.7. The van der Waals surface area contributed by atoms with Gasteiger partial charge in [-0.25, -0.2) is 0 Å². The molecule has 2 aromatic rings. The van der Waals surface area contributed by atoms with Crippen LogP contribution in [0.15, 0.2) is 48.7 Å². The number of allylic oxidation sites excluding steroid dienone is 1. The summed E-state index contributed by atoms with van der Waals surface area (Å²) in [7, 11) is 0. The lowest BCUT2D eigenvalue weighted by Crippen LogP contribution is -1.91. The number of hydrogen-bond acceptors (Lipinski definition) is 1. The second kappa shape index (κ2) is 6.74. The molecule has 1 nitrogen and oxygen atoms in total. The molecule has 0 fully saturated rings. The number of nitrogens with zero attached hydrogens (tertiary/aromatic N) is 1. The predicted octanol–water partition coefficient (Wildman–Crippen LogP) is 5.62. The summed E-state index contributed by atoms with van der Waals surface area (Å²) in [6.45, 7) is 2.15. The number of aromatic nitrogens is 1. The minimum atomic E-state index is 0.567. The van der Waals surface area contributed by atoms with Gasteiger partial charge in [-0.15, -0.1) is 0 Å². The molecule has 0 unspecified atom stereocenters. The number of halogens is 2. The quantitative estimate of drug-likeness (QED) is 0.712. The van der Waals surface area contributed by atoms with E-state index < -0.39 is 0 Å². The van der Waals surface area contributed by atoms with Crippen molar-refractivity contribution in [3.8, 4) is 0 Å². The Morgan fingerprint density at radius 2 is 2.00 bits per heavy atom. The van der Waals surface area contributed by atoms with Gasteiger partial charge < -0.3 is 0 Å². The fraction of sp³-hybridized carbons (Fsp3) is 0.188. The molecule has 0 aliphatic carbocycles. The van der Waals surface area contributed by atoms with Crippen LogP contribution in [-0.4, -0.2) is 4.98 Å². The Bertz CT molecular complexity index is 577. The van der Waals surface area contributed by atoms with E-state index in [1.165, 1.54) is 0 Å². The Labute approximate surface area is 123 Å². The van der Waals surface area contributed by atoms with Gasteiger partial charge in [0, 0.05) is 11.8 Å². The first-order chi connectivity index (χ1) is 9.22. The molecule has 0 aliphatic heterocycles. The van der Waals surface area contributed by atoms with E-state index >= 15 is 0 Å². The van der Waals surface area contributed by atoms with Gasteiger partial charge in [-0.2, -0.15) is 0 Å². The smallest absolute Gasteiger partial charge is 0.0704 e. The summed E-state index contributed by atoms with van der Waals surface area (Å²) in [5.74, 6) is 0. The fourth-order valence-corrected chi connectivity index (χ4v) is 2.14. The maximum atomic E-state index is 6.10. The van der Waals surface area contributed by atoms with Crippen LogP contribution in [0.4, 0.5) is 0 Å². The van der Waals surface area contributed by atoms with E-state index in [0.717, 1.165) is 29.7 Å². The topological polar surface area (TPSA) is 12.9 Å². The van der Waals surface area contributed by atoms with Crippen LogP contribution in [0.2, 0.25) is 10.0 Å². The lowest BCUT2D eigenvalue weighted by molar-refractivity contribution is 0.959. The normalized spacial score (nSPS) is 11.6. The first-order valence-corrected chi connectivity index (χ1v) is 7.05. The summed E-state index contributed by atoms with van der Waals surface area (Å²) in [5, 5.41) is 1.14. The molecule has 0 aliphatic rings. The molecule has 0 N–H and O–H groups in total. The third-order valence-electron chi connectivity index (χ3n) is 2.81. The zero-order valence-corrected chi connectivity index (χ0v) is 12.2. The first kappa shape index (κ1) is 14.1. The van der Waals surface area contributed by atoms with Crippen LogP contribution in [0, 0.1) is 0 Å². The second-order valence-corrected chi connectivity index (χ2v) is 5.06. The summed E-state index contributed by atoms with van der Waals surface area (Å²) in [5.41, 5.74) is 3.09. The molecule has 1 aromatic carbocycles. The van der Waals surface area contributed by atoms with Crippen LogP contribution >= 0.6 is 23.2 Å². The molecule has 0 spiro atoms. The summed E-state index contributed by atoms with van der Waals surface area (Å²) >= 11 is 12.1. The molecule has 3 heteroatoms. The molecular weight excluding hydrogens is 277 g/mol. The summed E-state index contributed by atoms with van der Waals surface area (Å²) < 4.78 is 0. The number of unbranched alkanes of at least 4 members (excludes halogenated alkanes) is 1. The molecule has 0 bridgehead atoms.